The molecule has 2 N–H and O–H groups in total. The summed E-state index contributed by atoms with van der Waals surface area (Å²) in [4.78, 5) is 37.5. The molecule has 0 spiro atoms. The highest BCUT2D eigenvalue weighted by molar-refractivity contribution is 6.05. The fraction of sp³-hybridized carbons (Fsp3) is 0.0345. The van der Waals surface area contributed by atoms with Crippen LogP contribution in [0.25, 0.3) is 0 Å². The van der Waals surface area contributed by atoms with Gasteiger partial charge in [-0.15, -0.1) is 0 Å². The first-order valence-corrected chi connectivity index (χ1v) is 11.2. The number of para-hydroxylation sites is 1. The van der Waals surface area contributed by atoms with Gasteiger partial charge in [0.15, 0.2) is 0 Å². The number of aryl methyl sites for hydroxylation is 1. The van der Waals surface area contributed by atoms with Gasteiger partial charge in [-0.1, -0.05) is 54.1 Å². The SMILES string of the molecule is Cc1cccc(C(=O)Oc2ccccc2C=NNC(=O)c2cccc(NC(=O)c3ccccc3)c2)c1. The molecular weight excluding hydrogens is 454 g/mol. The van der Waals surface area contributed by atoms with E-state index in [-0.39, 0.29) is 5.91 Å². The maximum Gasteiger partial charge on any atom is 0.343 e. The first-order chi connectivity index (χ1) is 17.5. The van der Waals surface area contributed by atoms with Gasteiger partial charge in [-0.25, -0.2) is 10.2 Å². The average Bonchev–Trinajstić information content (AvgIpc) is 2.90. The van der Waals surface area contributed by atoms with E-state index in [0.717, 1.165) is 5.56 Å². The van der Waals surface area contributed by atoms with E-state index in [1.807, 2.05) is 19.1 Å². The molecule has 0 atom stereocenters. The summed E-state index contributed by atoms with van der Waals surface area (Å²) in [7, 11) is 0. The number of carbonyl (C=O) groups is 3. The van der Waals surface area contributed by atoms with E-state index in [2.05, 4.69) is 15.8 Å². The molecule has 178 valence electrons. The van der Waals surface area contributed by atoms with E-state index in [1.54, 1.807) is 91.0 Å². The number of carbonyl (C=O) groups excluding carboxylic acids is 3. The Morgan fingerprint density at radius 2 is 1.42 bits per heavy atom. The topological polar surface area (TPSA) is 96.9 Å². The predicted octanol–water partition coefficient (Wildman–Crippen LogP) is 5.23. The highest BCUT2D eigenvalue weighted by atomic mass is 16.5. The molecule has 0 aliphatic rings. The molecule has 4 aromatic carbocycles. The number of hydrogen-bond donors (Lipinski definition) is 2. The average molecular weight is 478 g/mol. The van der Waals surface area contributed by atoms with Crippen LogP contribution in [0.4, 0.5) is 5.69 Å². The van der Waals surface area contributed by atoms with Crippen LogP contribution < -0.4 is 15.5 Å². The molecule has 36 heavy (non-hydrogen) atoms. The summed E-state index contributed by atoms with van der Waals surface area (Å²) in [6.07, 6.45) is 1.40. The lowest BCUT2D eigenvalue weighted by molar-refractivity contribution is 0.0733. The first-order valence-electron chi connectivity index (χ1n) is 11.2. The van der Waals surface area contributed by atoms with Crippen LogP contribution in [0.3, 0.4) is 0 Å². The smallest absolute Gasteiger partial charge is 0.343 e. The molecule has 4 rings (SSSR count). The van der Waals surface area contributed by atoms with Crippen LogP contribution in [0.2, 0.25) is 0 Å². The molecule has 7 nitrogen and oxygen atoms in total. The molecule has 0 bridgehead atoms. The van der Waals surface area contributed by atoms with Crippen molar-refractivity contribution in [1.82, 2.24) is 5.43 Å². The molecule has 7 heteroatoms. The number of rotatable bonds is 7. The zero-order valence-corrected chi connectivity index (χ0v) is 19.5. The van der Waals surface area contributed by atoms with Gasteiger partial charge in [0.2, 0.25) is 0 Å². The van der Waals surface area contributed by atoms with Gasteiger partial charge in [-0.3, -0.25) is 9.59 Å². The lowest BCUT2D eigenvalue weighted by Crippen LogP contribution is -2.18. The molecule has 0 aromatic heterocycles. The van der Waals surface area contributed by atoms with Crippen LogP contribution in [-0.2, 0) is 0 Å². The molecule has 4 aromatic rings. The summed E-state index contributed by atoms with van der Waals surface area (Å²) in [5.74, 6) is -0.912. The molecule has 0 aliphatic heterocycles. The molecule has 2 amide bonds. The van der Waals surface area contributed by atoms with Crippen LogP contribution in [0.5, 0.6) is 5.75 Å². The Morgan fingerprint density at radius 3 is 2.22 bits per heavy atom. The number of anilines is 1. The van der Waals surface area contributed by atoms with Crippen molar-refractivity contribution in [2.24, 2.45) is 5.10 Å². The number of hydrogen-bond acceptors (Lipinski definition) is 5. The Balaban J connectivity index is 1.40. The second-order valence-corrected chi connectivity index (χ2v) is 7.90. The van der Waals surface area contributed by atoms with Gasteiger partial charge >= 0.3 is 5.97 Å². The van der Waals surface area contributed by atoms with Gasteiger partial charge in [-0.2, -0.15) is 5.10 Å². The zero-order valence-electron chi connectivity index (χ0n) is 19.5. The van der Waals surface area contributed by atoms with Gasteiger partial charge in [0.25, 0.3) is 11.8 Å². The second kappa shape index (κ2) is 11.4. The molecule has 0 heterocycles. The lowest BCUT2D eigenvalue weighted by atomic mass is 10.1. The van der Waals surface area contributed by atoms with Gasteiger partial charge in [0.05, 0.1) is 11.8 Å². The van der Waals surface area contributed by atoms with Crippen LogP contribution in [-0.4, -0.2) is 24.0 Å². The third kappa shape index (κ3) is 6.30. The Morgan fingerprint density at radius 1 is 0.722 bits per heavy atom. The lowest BCUT2D eigenvalue weighted by Gasteiger charge is -2.08. The van der Waals surface area contributed by atoms with Crippen molar-refractivity contribution in [1.29, 1.82) is 0 Å². The van der Waals surface area contributed by atoms with Crippen molar-refractivity contribution < 1.29 is 19.1 Å². The monoisotopic (exact) mass is 477 g/mol. The van der Waals surface area contributed by atoms with Crippen molar-refractivity contribution in [3.8, 4) is 5.75 Å². The molecule has 0 radical (unpaired) electrons. The fourth-order valence-corrected chi connectivity index (χ4v) is 3.37. The van der Waals surface area contributed by atoms with E-state index in [1.165, 1.54) is 6.21 Å². The minimum atomic E-state index is -0.488. The highest BCUT2D eigenvalue weighted by Crippen LogP contribution is 2.18. The molecule has 0 fully saturated rings. The number of nitrogens with one attached hydrogen (secondary N) is 2. The van der Waals surface area contributed by atoms with Crippen molar-refractivity contribution in [3.05, 3.63) is 131 Å². The maximum atomic E-state index is 12.6. The zero-order chi connectivity index (χ0) is 25.3. The maximum absolute atomic E-state index is 12.6. The number of benzene rings is 4. The minimum Gasteiger partial charge on any atom is -0.422 e. The Labute approximate surface area is 208 Å². The summed E-state index contributed by atoms with van der Waals surface area (Å²) in [5.41, 5.74) is 5.67. The highest BCUT2D eigenvalue weighted by Gasteiger charge is 2.12. The summed E-state index contributed by atoms with van der Waals surface area (Å²) >= 11 is 0. The summed E-state index contributed by atoms with van der Waals surface area (Å²) in [6, 6.07) is 29.3. The van der Waals surface area contributed by atoms with E-state index in [9.17, 15) is 14.4 Å². The van der Waals surface area contributed by atoms with Crippen LogP contribution >= 0.6 is 0 Å². The Bertz CT molecular complexity index is 1430. The Kier molecular flexibility index (Phi) is 7.63. The minimum absolute atomic E-state index is 0.275. The Hall–Kier alpha value is -5.04. The van der Waals surface area contributed by atoms with Crippen molar-refractivity contribution in [3.63, 3.8) is 0 Å². The van der Waals surface area contributed by atoms with Crippen LogP contribution in [0.1, 0.15) is 42.2 Å². The summed E-state index contributed by atoms with van der Waals surface area (Å²) in [6.45, 7) is 1.90. The van der Waals surface area contributed by atoms with Gasteiger partial charge in [0.1, 0.15) is 5.75 Å². The molecular formula is C29H23N3O4. The van der Waals surface area contributed by atoms with Gasteiger partial charge < -0.3 is 10.1 Å². The molecule has 0 saturated heterocycles. The third-order valence-corrected chi connectivity index (χ3v) is 5.16. The predicted molar refractivity (Wildman–Crippen MR) is 138 cm³/mol. The van der Waals surface area contributed by atoms with Crippen molar-refractivity contribution in [2.45, 2.75) is 6.92 Å². The van der Waals surface area contributed by atoms with Gasteiger partial charge in [-0.05, 0) is 61.5 Å². The van der Waals surface area contributed by atoms with Gasteiger partial charge in [0, 0.05) is 22.4 Å². The quantitative estimate of drug-likeness (QED) is 0.165. The number of ether oxygens (including phenoxy) is 1. The number of esters is 1. The van der Waals surface area contributed by atoms with Crippen LogP contribution in [0.15, 0.2) is 108 Å². The van der Waals surface area contributed by atoms with Crippen LogP contribution in [0, 0.1) is 6.92 Å². The fourth-order valence-electron chi connectivity index (χ4n) is 3.37. The van der Waals surface area contributed by atoms with E-state index >= 15 is 0 Å². The molecule has 0 unspecified atom stereocenters. The third-order valence-electron chi connectivity index (χ3n) is 5.16. The first kappa shape index (κ1) is 24.1. The summed E-state index contributed by atoms with van der Waals surface area (Å²) < 4.78 is 5.53. The number of amides is 2. The van der Waals surface area contributed by atoms with Crippen molar-refractivity contribution in [2.75, 3.05) is 5.32 Å². The van der Waals surface area contributed by atoms with Crippen molar-refractivity contribution >= 4 is 29.7 Å². The second-order valence-electron chi connectivity index (χ2n) is 7.90. The number of hydrazone groups is 1. The number of nitrogens with zero attached hydrogens (tertiary/aromatic N) is 1. The van der Waals surface area contributed by atoms with E-state index in [0.29, 0.717) is 33.7 Å². The molecule has 0 saturated carbocycles. The largest absolute Gasteiger partial charge is 0.422 e. The molecule has 0 aliphatic carbocycles. The van der Waals surface area contributed by atoms with E-state index in [4.69, 9.17) is 4.74 Å². The summed E-state index contributed by atoms with van der Waals surface area (Å²) in [5, 5.41) is 6.78. The van der Waals surface area contributed by atoms with E-state index < -0.39 is 11.9 Å². The standard InChI is InChI=1S/C29H23N3O4/c1-20-9-7-14-23(17-20)29(35)36-26-16-6-5-12-24(26)19-30-32-28(34)22-13-8-15-25(18-22)31-27(33)21-10-3-2-4-11-21/h2-19H,1H3,(H,31,33)(H,32,34). The normalized spacial score (nSPS) is 10.6.